The van der Waals surface area contributed by atoms with Crippen molar-refractivity contribution < 1.29 is 33.8 Å². The van der Waals surface area contributed by atoms with Gasteiger partial charge in [-0.2, -0.15) is 0 Å². The number of hydrogen-bond acceptors (Lipinski definition) is 7. The van der Waals surface area contributed by atoms with Crippen LogP contribution in [0.5, 0.6) is 0 Å². The zero-order chi connectivity index (χ0) is 33.9. The summed E-state index contributed by atoms with van der Waals surface area (Å²) >= 11 is 9.83. The Hall–Kier alpha value is -3.51. The van der Waals surface area contributed by atoms with Crippen molar-refractivity contribution in [3.05, 3.63) is 90.5 Å². The third-order valence-electron chi connectivity index (χ3n) is 9.12. The smallest absolute Gasteiger partial charge is 0.312 e. The molecular weight excluding hydrogens is 690 g/mol. The van der Waals surface area contributed by atoms with Gasteiger partial charge in [0.05, 0.1) is 37.1 Å². The third-order valence-corrected chi connectivity index (χ3v) is 10.2. The lowest BCUT2D eigenvalue weighted by Gasteiger charge is -2.39. The summed E-state index contributed by atoms with van der Waals surface area (Å²) in [7, 11) is 0. The number of aliphatic hydroxyl groups excluding tert-OH is 1. The molecule has 0 aromatic heterocycles. The molecule has 2 N–H and O–H groups in total. The zero-order valence-corrected chi connectivity index (χ0v) is 28.4. The van der Waals surface area contributed by atoms with Gasteiger partial charge in [0, 0.05) is 28.5 Å². The minimum atomic E-state index is -1.40. The predicted octanol–water partition coefficient (Wildman–Crippen LogP) is 4.35. The molecule has 2 aromatic rings. The lowest BCUT2D eigenvalue weighted by molar-refractivity contribution is -0.159. The van der Waals surface area contributed by atoms with Gasteiger partial charge in [0.15, 0.2) is 0 Å². The van der Waals surface area contributed by atoms with Crippen LogP contribution in [0.3, 0.4) is 0 Å². The Morgan fingerprint density at radius 2 is 1.89 bits per heavy atom. The number of benzene rings is 2. The number of ether oxygens (including phenoxy) is 2. The Morgan fingerprint density at radius 3 is 2.53 bits per heavy atom. The van der Waals surface area contributed by atoms with Crippen LogP contribution in [-0.2, 0) is 28.7 Å². The van der Waals surface area contributed by atoms with E-state index in [0.29, 0.717) is 22.7 Å². The first kappa shape index (κ1) is 34.8. The normalized spacial score (nSPS) is 27.1. The number of amides is 3. The molecule has 3 heterocycles. The van der Waals surface area contributed by atoms with Crippen LogP contribution in [0.4, 0.5) is 5.69 Å². The van der Waals surface area contributed by atoms with Gasteiger partial charge >= 0.3 is 5.97 Å². The summed E-state index contributed by atoms with van der Waals surface area (Å²) in [6.07, 6.45) is 2.87. The quantitative estimate of drug-likeness (QED) is 0.168. The maximum atomic E-state index is 14.9. The second-order valence-corrected chi connectivity index (χ2v) is 13.7. The highest BCUT2D eigenvalue weighted by atomic mass is 79.9. The van der Waals surface area contributed by atoms with E-state index in [-0.39, 0.29) is 36.7 Å². The van der Waals surface area contributed by atoms with Gasteiger partial charge in [-0.15, -0.1) is 13.2 Å². The van der Waals surface area contributed by atoms with Crippen LogP contribution in [0, 0.1) is 11.8 Å². The lowest BCUT2D eigenvalue weighted by atomic mass is 9.70. The Kier molecular flexibility index (Phi) is 10.9. The number of carbonyl (C=O) groups excluding carboxylic acids is 4. The Balaban J connectivity index is 1.52. The molecule has 0 radical (unpaired) electrons. The molecule has 1 spiro atoms. The molecule has 2 bridgehead atoms. The fraction of sp³-hybridized carbons (Fsp3) is 0.429. The summed E-state index contributed by atoms with van der Waals surface area (Å²) < 4.78 is 12.4. The number of anilines is 1. The summed E-state index contributed by atoms with van der Waals surface area (Å²) in [6.45, 7) is 8.86. The van der Waals surface area contributed by atoms with Crippen molar-refractivity contribution >= 4 is 56.9 Å². The van der Waals surface area contributed by atoms with Crippen molar-refractivity contribution in [3.63, 3.8) is 0 Å². The highest BCUT2D eigenvalue weighted by Gasteiger charge is 2.77. The van der Waals surface area contributed by atoms with E-state index >= 15 is 0 Å². The van der Waals surface area contributed by atoms with E-state index in [1.165, 1.54) is 9.80 Å². The fourth-order valence-corrected chi connectivity index (χ4v) is 8.17. The van der Waals surface area contributed by atoms with Gasteiger partial charge in [0.25, 0.3) is 5.91 Å². The molecule has 5 rings (SSSR count). The van der Waals surface area contributed by atoms with Crippen molar-refractivity contribution in [3.8, 4) is 0 Å². The number of likely N-dealkylation sites (tertiary alicyclic amines) is 1. The van der Waals surface area contributed by atoms with E-state index in [1.54, 1.807) is 67.6 Å². The molecule has 3 aliphatic rings. The van der Waals surface area contributed by atoms with Gasteiger partial charge in [-0.25, -0.2) is 0 Å². The Labute approximate surface area is 287 Å². The summed E-state index contributed by atoms with van der Waals surface area (Å²) in [5, 5.41) is 14.0. The van der Waals surface area contributed by atoms with E-state index in [2.05, 4.69) is 34.4 Å². The second-order valence-electron chi connectivity index (χ2n) is 12.1. The number of nitrogens with zero attached hydrogens (tertiary/aromatic N) is 2. The largest absolute Gasteiger partial charge is 0.460 e. The van der Waals surface area contributed by atoms with Crippen molar-refractivity contribution in [2.75, 3.05) is 24.6 Å². The highest BCUT2D eigenvalue weighted by molar-refractivity contribution is 9.09. The van der Waals surface area contributed by atoms with E-state index in [4.69, 9.17) is 21.1 Å². The average molecular weight is 729 g/mol. The van der Waals surface area contributed by atoms with E-state index in [1.807, 2.05) is 6.07 Å². The molecule has 250 valence electrons. The van der Waals surface area contributed by atoms with Crippen LogP contribution in [0.25, 0.3) is 0 Å². The number of hydrogen-bond donors (Lipinski definition) is 2. The Morgan fingerprint density at radius 1 is 1.19 bits per heavy atom. The van der Waals surface area contributed by atoms with Crippen molar-refractivity contribution in [2.24, 2.45) is 11.8 Å². The molecule has 0 aliphatic carbocycles. The number of rotatable bonds is 14. The van der Waals surface area contributed by atoms with E-state index in [9.17, 15) is 24.3 Å². The first-order valence-electron chi connectivity index (χ1n) is 15.6. The molecule has 0 saturated carbocycles. The summed E-state index contributed by atoms with van der Waals surface area (Å²) in [5.74, 6) is -3.85. The molecule has 2 aromatic carbocycles. The molecule has 3 aliphatic heterocycles. The van der Waals surface area contributed by atoms with Gasteiger partial charge < -0.3 is 29.7 Å². The minimum absolute atomic E-state index is 0.0902. The number of esters is 1. The second kappa shape index (κ2) is 14.7. The number of aliphatic hydroxyl groups is 1. The number of alkyl halides is 1. The van der Waals surface area contributed by atoms with E-state index < -0.39 is 66.1 Å². The minimum Gasteiger partial charge on any atom is -0.460 e. The zero-order valence-electron chi connectivity index (χ0n) is 26.1. The van der Waals surface area contributed by atoms with Crippen LogP contribution >= 0.6 is 27.5 Å². The first-order chi connectivity index (χ1) is 22.6. The van der Waals surface area contributed by atoms with Crippen LogP contribution in [0.1, 0.15) is 37.8 Å². The van der Waals surface area contributed by atoms with Gasteiger partial charge in [-0.1, -0.05) is 70.0 Å². The van der Waals surface area contributed by atoms with Crippen molar-refractivity contribution in [1.82, 2.24) is 10.2 Å². The van der Waals surface area contributed by atoms with Gasteiger partial charge in [0.1, 0.15) is 17.7 Å². The van der Waals surface area contributed by atoms with E-state index in [0.717, 1.165) is 0 Å². The molecule has 3 fully saturated rings. The van der Waals surface area contributed by atoms with Crippen molar-refractivity contribution in [2.45, 2.75) is 60.9 Å². The fourth-order valence-electron chi connectivity index (χ4n) is 7.10. The molecule has 3 amide bonds. The van der Waals surface area contributed by atoms with Crippen LogP contribution < -0.4 is 10.2 Å². The predicted molar refractivity (Wildman–Crippen MR) is 181 cm³/mol. The molecular formula is C35H39BrClN3O7. The number of allylic oxidation sites excluding steroid dienone is 1. The Bertz CT molecular complexity index is 1510. The highest BCUT2D eigenvalue weighted by Crippen LogP contribution is 2.61. The topological polar surface area (TPSA) is 125 Å². The molecule has 8 atom stereocenters. The lowest BCUT2D eigenvalue weighted by Crippen LogP contribution is -2.57. The van der Waals surface area contributed by atoms with Gasteiger partial charge in [-0.05, 0) is 49.6 Å². The molecule has 1 unspecified atom stereocenters. The molecule has 12 heteroatoms. The first-order valence-corrected chi connectivity index (χ1v) is 16.9. The SMILES string of the molecule is C=CCCC(=O)NC[C@@H](C)OC(=O)[C@@H]1[C@H]2O[C@@]3(CC2Br)[C@H](C(=O)N(CC=C)c2ccc(Cl)cc2)N([C@H](CO)c2ccccc2)C(=O)[C@@H]13. The summed E-state index contributed by atoms with van der Waals surface area (Å²) in [4.78, 5) is 58.1. The van der Waals surface area contributed by atoms with Crippen LogP contribution in [0.2, 0.25) is 5.02 Å². The summed E-state index contributed by atoms with van der Waals surface area (Å²) in [6, 6.07) is 13.6. The van der Waals surface area contributed by atoms with Crippen LogP contribution in [-0.4, -0.2) is 82.1 Å². The maximum absolute atomic E-state index is 14.9. The standard InChI is InChI=1S/C35H39BrClN3O7/c1-4-6-12-27(42)38-19-21(3)46-34(45)28-29-32(43)40(26(20-41)22-10-8-7-9-11-22)31(35(29)18-25(36)30(28)47-35)33(44)39(17-5-2)24-15-13-23(37)14-16-24/h4-5,7-11,13-16,21,25-26,28-31,41H,1-2,6,12,17-20H2,3H3,(H,38,42)/t21-,25?,26-,28+,29-,30+,31+,35-/m1/s1. The molecule has 47 heavy (non-hydrogen) atoms. The van der Waals surface area contributed by atoms with Gasteiger partial charge in [0.2, 0.25) is 11.8 Å². The maximum Gasteiger partial charge on any atom is 0.312 e. The summed E-state index contributed by atoms with van der Waals surface area (Å²) in [5.41, 5.74) is -0.230. The van der Waals surface area contributed by atoms with Crippen molar-refractivity contribution in [1.29, 1.82) is 0 Å². The third kappa shape index (κ3) is 6.63. The number of carbonyl (C=O) groups is 4. The van der Waals surface area contributed by atoms with Crippen LogP contribution in [0.15, 0.2) is 79.9 Å². The number of nitrogens with one attached hydrogen (secondary N) is 1. The monoisotopic (exact) mass is 727 g/mol. The molecule has 3 saturated heterocycles. The number of halogens is 2. The molecule has 10 nitrogen and oxygen atoms in total. The van der Waals surface area contributed by atoms with Gasteiger partial charge in [-0.3, -0.25) is 19.2 Å². The average Bonchev–Trinajstić information content (AvgIpc) is 3.66. The number of fused-ring (bicyclic) bond motifs is 1.